The Labute approximate surface area is 260 Å². The Balaban J connectivity index is 1.60. The molecule has 3 aromatic carbocycles. The van der Waals surface area contributed by atoms with Gasteiger partial charge in [0.05, 0.1) is 0 Å². The Hall–Kier alpha value is -5.78. The highest BCUT2D eigenvalue weighted by molar-refractivity contribution is 5.90. The van der Waals surface area contributed by atoms with Crippen molar-refractivity contribution in [3.8, 4) is 11.5 Å². The van der Waals surface area contributed by atoms with Gasteiger partial charge in [-0.15, -0.1) is 0 Å². The largest absolute Gasteiger partial charge is 0.490 e. The maximum absolute atomic E-state index is 12.8. The van der Waals surface area contributed by atoms with E-state index < -0.39 is 36.3 Å². The third-order valence-corrected chi connectivity index (χ3v) is 5.78. The van der Waals surface area contributed by atoms with Gasteiger partial charge in [0.15, 0.2) is 12.2 Å². The summed E-state index contributed by atoms with van der Waals surface area (Å²) in [7, 11) is 0. The molecular weight excluding hydrogens is 584 g/mol. The van der Waals surface area contributed by atoms with Gasteiger partial charge in [0.2, 0.25) is 0 Å². The van der Waals surface area contributed by atoms with Crippen LogP contribution in [-0.4, -0.2) is 62.8 Å². The minimum Gasteiger partial charge on any atom is -0.490 e. The highest BCUT2D eigenvalue weighted by atomic mass is 16.6. The lowest BCUT2D eigenvalue weighted by atomic mass is 10.2. The van der Waals surface area contributed by atoms with Crippen LogP contribution in [0.5, 0.6) is 11.5 Å². The van der Waals surface area contributed by atoms with Gasteiger partial charge in [0, 0.05) is 23.5 Å². The molecule has 0 heterocycles. The molecular formula is C33H34N2O10. The summed E-state index contributed by atoms with van der Waals surface area (Å²) in [5.41, 5.74) is 1.27. The van der Waals surface area contributed by atoms with E-state index in [1.165, 1.54) is 6.07 Å². The van der Waals surface area contributed by atoms with Gasteiger partial charge in [0.1, 0.15) is 37.9 Å². The van der Waals surface area contributed by atoms with E-state index in [9.17, 15) is 19.2 Å². The first-order chi connectivity index (χ1) is 21.7. The predicted molar refractivity (Wildman–Crippen MR) is 165 cm³/mol. The standard InChI is InChI=1S/C33H34N2O10/c1-4-30(36)42-21-27(19-40-25-12-8-6-9-13-25)44-32(38)34-24-17-16-23(3)29(18-24)35-33(39)45-28(22-43-31(37)5-2)20-41-26-14-10-7-11-15-26/h4-18,27-28H,1-2,19-22H2,3H3,(H,34,38)(H,35,39). The number of carbonyl (C=O) groups is 4. The number of esters is 2. The summed E-state index contributed by atoms with van der Waals surface area (Å²) in [6, 6.07) is 22.5. The number of aryl methyl sites for hydroxylation is 1. The van der Waals surface area contributed by atoms with Crippen LogP contribution < -0.4 is 20.1 Å². The van der Waals surface area contributed by atoms with Crippen molar-refractivity contribution in [1.29, 1.82) is 0 Å². The molecule has 0 aromatic heterocycles. The number of amides is 2. The molecule has 12 heteroatoms. The minimum absolute atomic E-state index is 0.0916. The summed E-state index contributed by atoms with van der Waals surface area (Å²) in [6.07, 6.45) is -1.61. The van der Waals surface area contributed by atoms with Gasteiger partial charge in [-0.05, 0) is 48.9 Å². The molecule has 0 bridgehead atoms. The van der Waals surface area contributed by atoms with E-state index >= 15 is 0 Å². The molecule has 0 saturated heterocycles. The fraction of sp³-hybridized carbons (Fsp3) is 0.212. The Morgan fingerprint density at radius 3 is 1.60 bits per heavy atom. The zero-order valence-corrected chi connectivity index (χ0v) is 24.6. The van der Waals surface area contributed by atoms with Gasteiger partial charge < -0.3 is 28.4 Å². The third kappa shape index (κ3) is 12.5. The Bertz CT molecular complexity index is 1450. The van der Waals surface area contributed by atoms with Crippen molar-refractivity contribution in [2.45, 2.75) is 19.1 Å². The summed E-state index contributed by atoms with van der Waals surface area (Å²) in [4.78, 5) is 48.7. The SMILES string of the molecule is C=CC(=O)OCC(COc1ccccc1)OC(=O)Nc1ccc(C)c(NC(=O)OC(COC(=O)C=C)COc2ccccc2)c1. The number of nitrogens with one attached hydrogen (secondary N) is 2. The van der Waals surface area contributed by atoms with E-state index in [0.29, 0.717) is 22.7 Å². The van der Waals surface area contributed by atoms with Crippen LogP contribution in [0, 0.1) is 6.92 Å². The van der Waals surface area contributed by atoms with Crippen molar-refractivity contribution >= 4 is 35.5 Å². The highest BCUT2D eigenvalue weighted by Gasteiger charge is 2.20. The van der Waals surface area contributed by atoms with Crippen LogP contribution in [0.15, 0.2) is 104 Å². The van der Waals surface area contributed by atoms with Gasteiger partial charge >= 0.3 is 24.1 Å². The predicted octanol–water partition coefficient (Wildman–Crippen LogP) is 5.45. The smallest absolute Gasteiger partial charge is 0.412 e. The van der Waals surface area contributed by atoms with Crippen molar-refractivity contribution in [3.05, 3.63) is 110 Å². The van der Waals surface area contributed by atoms with E-state index in [1.807, 2.05) is 12.1 Å². The monoisotopic (exact) mass is 618 g/mol. The summed E-state index contributed by atoms with van der Waals surface area (Å²) in [6.45, 7) is 7.72. The first kappa shape index (κ1) is 33.7. The van der Waals surface area contributed by atoms with Crippen molar-refractivity contribution in [2.75, 3.05) is 37.1 Å². The van der Waals surface area contributed by atoms with E-state index in [2.05, 4.69) is 23.8 Å². The fourth-order valence-electron chi connectivity index (χ4n) is 3.54. The number of ether oxygens (including phenoxy) is 6. The molecule has 0 aliphatic rings. The normalized spacial score (nSPS) is 11.5. The number of para-hydroxylation sites is 2. The minimum atomic E-state index is -0.948. The van der Waals surface area contributed by atoms with Crippen LogP contribution in [0.4, 0.5) is 21.0 Å². The molecule has 0 radical (unpaired) electrons. The Morgan fingerprint density at radius 1 is 0.667 bits per heavy atom. The maximum Gasteiger partial charge on any atom is 0.412 e. The van der Waals surface area contributed by atoms with Gasteiger partial charge in [-0.2, -0.15) is 0 Å². The van der Waals surface area contributed by atoms with E-state index in [1.54, 1.807) is 67.6 Å². The number of benzene rings is 3. The molecule has 0 saturated carbocycles. The molecule has 12 nitrogen and oxygen atoms in total. The zero-order valence-electron chi connectivity index (χ0n) is 24.6. The van der Waals surface area contributed by atoms with Crippen molar-refractivity contribution in [3.63, 3.8) is 0 Å². The van der Waals surface area contributed by atoms with Gasteiger partial charge in [0.25, 0.3) is 0 Å². The van der Waals surface area contributed by atoms with Crippen LogP contribution in [0.25, 0.3) is 0 Å². The molecule has 3 aromatic rings. The topological polar surface area (TPSA) is 148 Å². The first-order valence-corrected chi connectivity index (χ1v) is 13.8. The van der Waals surface area contributed by atoms with E-state index in [4.69, 9.17) is 28.4 Å². The van der Waals surface area contributed by atoms with Crippen LogP contribution >= 0.6 is 0 Å². The van der Waals surface area contributed by atoms with Crippen LogP contribution in [-0.2, 0) is 28.5 Å². The quantitative estimate of drug-likeness (QED) is 0.121. The molecule has 2 unspecified atom stereocenters. The molecule has 0 aliphatic heterocycles. The molecule has 2 atom stereocenters. The Kier molecular flexibility index (Phi) is 13.5. The molecule has 236 valence electrons. The van der Waals surface area contributed by atoms with E-state index in [-0.39, 0.29) is 32.1 Å². The second-order valence-corrected chi connectivity index (χ2v) is 9.25. The third-order valence-electron chi connectivity index (χ3n) is 5.78. The second-order valence-electron chi connectivity index (χ2n) is 9.25. The van der Waals surface area contributed by atoms with Crippen molar-refractivity contribution < 1.29 is 47.6 Å². The second kappa shape index (κ2) is 18.0. The zero-order chi connectivity index (χ0) is 32.4. The lowest BCUT2D eigenvalue weighted by Crippen LogP contribution is -2.33. The molecule has 0 fully saturated rings. The fourth-order valence-corrected chi connectivity index (χ4v) is 3.54. The molecule has 2 N–H and O–H groups in total. The maximum atomic E-state index is 12.8. The van der Waals surface area contributed by atoms with Crippen molar-refractivity contribution in [1.82, 2.24) is 0 Å². The average molecular weight is 619 g/mol. The number of carbonyl (C=O) groups excluding carboxylic acids is 4. The summed E-state index contributed by atoms with van der Waals surface area (Å²) < 4.78 is 32.3. The summed E-state index contributed by atoms with van der Waals surface area (Å²) >= 11 is 0. The molecule has 2 amide bonds. The van der Waals surface area contributed by atoms with Gasteiger partial charge in [-0.3, -0.25) is 10.6 Å². The number of hydrogen-bond acceptors (Lipinski definition) is 10. The molecule has 0 spiro atoms. The van der Waals surface area contributed by atoms with Crippen LogP contribution in [0.2, 0.25) is 0 Å². The van der Waals surface area contributed by atoms with Crippen LogP contribution in [0.1, 0.15) is 5.56 Å². The number of hydrogen-bond donors (Lipinski definition) is 2. The number of rotatable bonds is 16. The highest BCUT2D eigenvalue weighted by Crippen LogP contribution is 2.21. The lowest BCUT2D eigenvalue weighted by Gasteiger charge is -2.20. The summed E-state index contributed by atoms with van der Waals surface area (Å²) in [5.74, 6) is -0.290. The molecule has 3 rings (SSSR count). The van der Waals surface area contributed by atoms with E-state index in [0.717, 1.165) is 12.2 Å². The average Bonchev–Trinajstić information content (AvgIpc) is 3.05. The first-order valence-electron chi connectivity index (χ1n) is 13.8. The lowest BCUT2D eigenvalue weighted by molar-refractivity contribution is -0.141. The molecule has 45 heavy (non-hydrogen) atoms. The van der Waals surface area contributed by atoms with Crippen molar-refractivity contribution in [2.24, 2.45) is 0 Å². The Morgan fingerprint density at radius 2 is 1.13 bits per heavy atom. The summed E-state index contributed by atoms with van der Waals surface area (Å²) in [5, 5.41) is 5.19. The molecule has 0 aliphatic carbocycles. The van der Waals surface area contributed by atoms with Gasteiger partial charge in [-0.25, -0.2) is 19.2 Å². The van der Waals surface area contributed by atoms with Crippen LogP contribution in [0.3, 0.4) is 0 Å². The van der Waals surface area contributed by atoms with Gasteiger partial charge in [-0.1, -0.05) is 55.6 Å². The number of anilines is 2.